The summed E-state index contributed by atoms with van der Waals surface area (Å²) >= 11 is 0. The number of allylic oxidation sites excluding steroid dienone is 1. The minimum Gasteiger partial charge on any atom is -0.330 e. The third-order valence-electron chi connectivity index (χ3n) is 2.31. The first-order valence-corrected chi connectivity index (χ1v) is 5.21. The molecule has 0 aromatic heterocycles. The third kappa shape index (κ3) is 3.33. The van der Waals surface area contributed by atoms with Crippen molar-refractivity contribution in [2.45, 2.75) is 19.3 Å². The van der Waals surface area contributed by atoms with Crippen LogP contribution in [0.3, 0.4) is 0 Å². The van der Waals surface area contributed by atoms with Gasteiger partial charge in [0.1, 0.15) is 0 Å². The summed E-state index contributed by atoms with van der Waals surface area (Å²) in [6.07, 6.45) is 3.79. The fourth-order valence-electron chi connectivity index (χ4n) is 1.53. The lowest BCUT2D eigenvalue weighted by Crippen LogP contribution is -2.08. The van der Waals surface area contributed by atoms with E-state index in [4.69, 9.17) is 5.73 Å². The van der Waals surface area contributed by atoms with Crippen LogP contribution in [0.15, 0.2) is 36.9 Å². The zero-order chi connectivity index (χ0) is 11.1. The Hall–Kier alpha value is -1.41. The fraction of sp³-hybridized carbons (Fsp3) is 0.308. The van der Waals surface area contributed by atoms with E-state index in [1.807, 2.05) is 24.3 Å². The Labute approximate surface area is 90.8 Å². The summed E-state index contributed by atoms with van der Waals surface area (Å²) in [6, 6.07) is 7.67. The molecule has 2 nitrogen and oxygen atoms in total. The Bertz CT molecular complexity index is 344. The summed E-state index contributed by atoms with van der Waals surface area (Å²) < 4.78 is 0. The van der Waals surface area contributed by atoms with Crippen LogP contribution in [-0.4, -0.2) is 12.3 Å². The molecular formula is C13H17NO. The van der Waals surface area contributed by atoms with E-state index in [0.717, 1.165) is 24.0 Å². The molecule has 2 heteroatoms. The standard InChI is InChI=1S/C13H17NO/c1-2-3-8-13(15)12-7-5-4-6-11(12)9-10-14/h2,4-7H,1,3,8-10,14H2. The second kappa shape index (κ2) is 6.14. The Morgan fingerprint density at radius 2 is 2.13 bits per heavy atom. The zero-order valence-electron chi connectivity index (χ0n) is 8.91. The first-order valence-electron chi connectivity index (χ1n) is 5.21. The first kappa shape index (κ1) is 11.7. The number of rotatable bonds is 6. The maximum absolute atomic E-state index is 11.8. The molecule has 2 N–H and O–H groups in total. The van der Waals surface area contributed by atoms with Gasteiger partial charge in [0.05, 0.1) is 0 Å². The molecule has 0 atom stereocenters. The number of Topliss-reactive ketones (excluding diaryl/α,β-unsaturated/α-hetero) is 1. The average Bonchev–Trinajstić information content (AvgIpc) is 2.27. The highest BCUT2D eigenvalue weighted by atomic mass is 16.1. The van der Waals surface area contributed by atoms with Crippen LogP contribution in [0.4, 0.5) is 0 Å². The molecular weight excluding hydrogens is 186 g/mol. The van der Waals surface area contributed by atoms with Gasteiger partial charge in [0, 0.05) is 12.0 Å². The van der Waals surface area contributed by atoms with Gasteiger partial charge in [0.2, 0.25) is 0 Å². The molecule has 15 heavy (non-hydrogen) atoms. The van der Waals surface area contributed by atoms with Crippen LogP contribution in [0.2, 0.25) is 0 Å². The topological polar surface area (TPSA) is 43.1 Å². The van der Waals surface area contributed by atoms with Crippen LogP contribution in [0, 0.1) is 0 Å². The molecule has 0 amide bonds. The molecule has 0 unspecified atom stereocenters. The van der Waals surface area contributed by atoms with Crippen LogP contribution in [-0.2, 0) is 6.42 Å². The van der Waals surface area contributed by atoms with E-state index in [1.165, 1.54) is 0 Å². The second-order valence-electron chi connectivity index (χ2n) is 3.45. The van der Waals surface area contributed by atoms with Crippen molar-refractivity contribution in [1.29, 1.82) is 0 Å². The number of nitrogens with two attached hydrogens (primary N) is 1. The lowest BCUT2D eigenvalue weighted by molar-refractivity contribution is 0.0983. The number of ketones is 1. The van der Waals surface area contributed by atoms with Crippen LogP contribution < -0.4 is 5.73 Å². The van der Waals surface area contributed by atoms with Gasteiger partial charge in [0.15, 0.2) is 5.78 Å². The Morgan fingerprint density at radius 1 is 1.40 bits per heavy atom. The predicted molar refractivity (Wildman–Crippen MR) is 63.0 cm³/mol. The minimum absolute atomic E-state index is 0.180. The quantitative estimate of drug-likeness (QED) is 0.569. The van der Waals surface area contributed by atoms with Crippen LogP contribution in [0.1, 0.15) is 28.8 Å². The van der Waals surface area contributed by atoms with E-state index in [9.17, 15) is 4.79 Å². The van der Waals surface area contributed by atoms with E-state index in [2.05, 4.69) is 6.58 Å². The predicted octanol–water partition coefficient (Wildman–Crippen LogP) is 2.34. The van der Waals surface area contributed by atoms with Crippen LogP contribution in [0.25, 0.3) is 0 Å². The molecule has 1 aromatic rings. The van der Waals surface area contributed by atoms with Gasteiger partial charge in [-0.05, 0) is 24.9 Å². The highest BCUT2D eigenvalue weighted by Crippen LogP contribution is 2.12. The largest absolute Gasteiger partial charge is 0.330 e. The van der Waals surface area contributed by atoms with Gasteiger partial charge in [0.25, 0.3) is 0 Å². The lowest BCUT2D eigenvalue weighted by Gasteiger charge is -2.06. The minimum atomic E-state index is 0.180. The summed E-state index contributed by atoms with van der Waals surface area (Å²) in [4.78, 5) is 11.8. The summed E-state index contributed by atoms with van der Waals surface area (Å²) in [5.74, 6) is 0.180. The summed E-state index contributed by atoms with van der Waals surface area (Å²) in [6.45, 7) is 4.19. The van der Waals surface area contributed by atoms with Gasteiger partial charge in [-0.15, -0.1) is 6.58 Å². The molecule has 0 radical (unpaired) electrons. The molecule has 0 heterocycles. The normalized spacial score (nSPS) is 9.93. The van der Waals surface area contributed by atoms with Gasteiger partial charge in [-0.1, -0.05) is 30.3 Å². The van der Waals surface area contributed by atoms with E-state index < -0.39 is 0 Å². The maximum Gasteiger partial charge on any atom is 0.163 e. The Balaban J connectivity index is 2.81. The number of hydrogen-bond acceptors (Lipinski definition) is 2. The van der Waals surface area contributed by atoms with Gasteiger partial charge in [-0.25, -0.2) is 0 Å². The second-order valence-corrected chi connectivity index (χ2v) is 3.45. The van der Waals surface area contributed by atoms with E-state index in [0.29, 0.717) is 13.0 Å². The number of carbonyl (C=O) groups is 1. The highest BCUT2D eigenvalue weighted by molar-refractivity contribution is 5.97. The van der Waals surface area contributed by atoms with Gasteiger partial charge >= 0.3 is 0 Å². The molecule has 0 fully saturated rings. The van der Waals surface area contributed by atoms with Crippen molar-refractivity contribution < 1.29 is 4.79 Å². The van der Waals surface area contributed by atoms with Crippen molar-refractivity contribution in [3.05, 3.63) is 48.0 Å². The van der Waals surface area contributed by atoms with Crippen molar-refractivity contribution >= 4 is 5.78 Å². The maximum atomic E-state index is 11.8. The third-order valence-corrected chi connectivity index (χ3v) is 2.31. The van der Waals surface area contributed by atoms with Crippen molar-refractivity contribution in [2.24, 2.45) is 5.73 Å². The Kier molecular flexibility index (Phi) is 4.78. The van der Waals surface area contributed by atoms with E-state index in [1.54, 1.807) is 6.08 Å². The zero-order valence-corrected chi connectivity index (χ0v) is 8.91. The van der Waals surface area contributed by atoms with Crippen molar-refractivity contribution in [1.82, 2.24) is 0 Å². The van der Waals surface area contributed by atoms with E-state index >= 15 is 0 Å². The fourth-order valence-corrected chi connectivity index (χ4v) is 1.53. The molecule has 1 aromatic carbocycles. The number of benzene rings is 1. The monoisotopic (exact) mass is 203 g/mol. The molecule has 0 aliphatic rings. The van der Waals surface area contributed by atoms with Gasteiger partial charge in [-0.3, -0.25) is 4.79 Å². The van der Waals surface area contributed by atoms with Gasteiger partial charge < -0.3 is 5.73 Å². The molecule has 1 rings (SSSR count). The summed E-state index contributed by atoms with van der Waals surface area (Å²) in [7, 11) is 0. The molecule has 0 saturated carbocycles. The van der Waals surface area contributed by atoms with Crippen LogP contribution in [0.5, 0.6) is 0 Å². The molecule has 80 valence electrons. The summed E-state index contributed by atoms with van der Waals surface area (Å²) in [5.41, 5.74) is 7.36. The molecule has 0 aliphatic carbocycles. The summed E-state index contributed by atoms with van der Waals surface area (Å²) in [5, 5.41) is 0. The SMILES string of the molecule is C=CCCC(=O)c1ccccc1CCN. The molecule has 0 spiro atoms. The van der Waals surface area contributed by atoms with Gasteiger partial charge in [-0.2, -0.15) is 0 Å². The van der Waals surface area contributed by atoms with Crippen molar-refractivity contribution in [3.8, 4) is 0 Å². The number of carbonyl (C=O) groups excluding carboxylic acids is 1. The molecule has 0 aliphatic heterocycles. The van der Waals surface area contributed by atoms with Crippen LogP contribution >= 0.6 is 0 Å². The lowest BCUT2D eigenvalue weighted by atomic mass is 9.98. The average molecular weight is 203 g/mol. The van der Waals surface area contributed by atoms with Crippen molar-refractivity contribution in [2.75, 3.05) is 6.54 Å². The highest BCUT2D eigenvalue weighted by Gasteiger charge is 2.08. The first-order chi connectivity index (χ1) is 7.29. The van der Waals surface area contributed by atoms with E-state index in [-0.39, 0.29) is 5.78 Å². The Morgan fingerprint density at radius 3 is 2.80 bits per heavy atom. The number of hydrogen-bond donors (Lipinski definition) is 1. The van der Waals surface area contributed by atoms with Crippen molar-refractivity contribution in [3.63, 3.8) is 0 Å². The smallest absolute Gasteiger partial charge is 0.163 e. The molecule has 0 saturated heterocycles. The molecule has 0 bridgehead atoms.